The number of carbonyl (C=O) groups excluding carboxylic acids is 1. The van der Waals surface area contributed by atoms with Crippen LogP contribution in [-0.2, 0) is 9.59 Å². The first-order valence-electron chi connectivity index (χ1n) is 5.66. The van der Waals surface area contributed by atoms with Crippen molar-refractivity contribution >= 4 is 11.9 Å². The van der Waals surface area contributed by atoms with Gasteiger partial charge in [-0.25, -0.2) is 0 Å². The van der Waals surface area contributed by atoms with Crippen LogP contribution in [-0.4, -0.2) is 60.5 Å². The van der Waals surface area contributed by atoms with Gasteiger partial charge in [-0.05, 0) is 26.4 Å². The zero-order valence-electron chi connectivity index (χ0n) is 9.98. The zero-order valence-corrected chi connectivity index (χ0v) is 9.98. The molecule has 5 nitrogen and oxygen atoms in total. The van der Waals surface area contributed by atoms with E-state index in [0.717, 1.165) is 25.9 Å². The largest absolute Gasteiger partial charge is 0.481 e. The summed E-state index contributed by atoms with van der Waals surface area (Å²) in [5, 5.41) is 8.55. The Labute approximate surface area is 96.0 Å². The summed E-state index contributed by atoms with van der Waals surface area (Å²) in [5.41, 5.74) is 0. The molecule has 1 saturated heterocycles. The number of amides is 1. The maximum atomic E-state index is 12.0. The van der Waals surface area contributed by atoms with Crippen LogP contribution in [0.2, 0.25) is 0 Å². The predicted molar refractivity (Wildman–Crippen MR) is 60.1 cm³/mol. The lowest BCUT2D eigenvalue weighted by Crippen LogP contribution is -2.42. The van der Waals surface area contributed by atoms with Gasteiger partial charge in [0.25, 0.3) is 0 Å². The lowest BCUT2D eigenvalue weighted by molar-refractivity contribution is -0.139. The Bertz CT molecular complexity index is 268. The lowest BCUT2D eigenvalue weighted by atomic mass is 9.97. The van der Waals surface area contributed by atoms with Crippen molar-refractivity contribution in [2.45, 2.75) is 19.3 Å². The van der Waals surface area contributed by atoms with Gasteiger partial charge in [-0.3, -0.25) is 9.59 Å². The van der Waals surface area contributed by atoms with Crippen molar-refractivity contribution in [2.24, 2.45) is 5.92 Å². The summed E-state index contributed by atoms with van der Waals surface area (Å²) in [5.74, 6) is -0.745. The van der Waals surface area contributed by atoms with E-state index in [0.29, 0.717) is 6.54 Å². The fourth-order valence-electron chi connectivity index (χ4n) is 2.05. The van der Waals surface area contributed by atoms with Crippen LogP contribution < -0.4 is 0 Å². The van der Waals surface area contributed by atoms with Crippen molar-refractivity contribution in [1.29, 1.82) is 0 Å². The van der Waals surface area contributed by atoms with Crippen molar-refractivity contribution in [3.63, 3.8) is 0 Å². The second kappa shape index (κ2) is 5.84. The van der Waals surface area contributed by atoms with Crippen molar-refractivity contribution in [1.82, 2.24) is 9.80 Å². The topological polar surface area (TPSA) is 60.9 Å². The van der Waals surface area contributed by atoms with Crippen LogP contribution in [0, 0.1) is 5.92 Å². The van der Waals surface area contributed by atoms with Crippen molar-refractivity contribution in [2.75, 3.05) is 33.7 Å². The molecule has 0 aromatic carbocycles. The zero-order chi connectivity index (χ0) is 12.1. The van der Waals surface area contributed by atoms with E-state index in [-0.39, 0.29) is 18.2 Å². The van der Waals surface area contributed by atoms with Crippen molar-refractivity contribution < 1.29 is 14.7 Å². The number of piperidine rings is 1. The minimum atomic E-state index is -0.861. The Morgan fingerprint density at radius 2 is 2.19 bits per heavy atom. The van der Waals surface area contributed by atoms with E-state index in [2.05, 4.69) is 4.90 Å². The number of rotatable bonds is 4. The molecule has 0 radical (unpaired) electrons. The summed E-state index contributed by atoms with van der Waals surface area (Å²) in [4.78, 5) is 26.1. The van der Waals surface area contributed by atoms with Gasteiger partial charge < -0.3 is 14.9 Å². The molecule has 1 unspecified atom stereocenters. The van der Waals surface area contributed by atoms with Gasteiger partial charge in [0.2, 0.25) is 5.91 Å². The Kier molecular flexibility index (Phi) is 4.73. The summed E-state index contributed by atoms with van der Waals surface area (Å²) in [7, 11) is 3.69. The van der Waals surface area contributed by atoms with Crippen LogP contribution in [0.4, 0.5) is 0 Å². The number of hydrogen-bond acceptors (Lipinski definition) is 3. The molecule has 1 atom stereocenters. The fraction of sp³-hybridized carbons (Fsp3) is 0.818. The highest BCUT2D eigenvalue weighted by molar-refractivity contribution is 5.79. The molecule has 1 N–H and O–H groups in total. The molecular formula is C11H20N2O3. The van der Waals surface area contributed by atoms with Gasteiger partial charge in [0.15, 0.2) is 0 Å². The molecule has 0 aromatic rings. The molecule has 1 heterocycles. The highest BCUT2D eigenvalue weighted by Gasteiger charge is 2.26. The van der Waals surface area contributed by atoms with E-state index in [4.69, 9.17) is 5.11 Å². The van der Waals surface area contributed by atoms with Gasteiger partial charge in [-0.15, -0.1) is 0 Å². The summed E-state index contributed by atoms with van der Waals surface area (Å²) in [6, 6.07) is 0. The third-order valence-electron chi connectivity index (χ3n) is 3.01. The molecule has 92 valence electrons. The number of hydrogen-bond donors (Lipinski definition) is 1. The molecule has 0 bridgehead atoms. The second-order valence-corrected chi connectivity index (χ2v) is 4.50. The maximum Gasteiger partial charge on any atom is 0.305 e. The number of carbonyl (C=O) groups is 2. The van der Waals surface area contributed by atoms with Crippen LogP contribution >= 0.6 is 0 Å². The maximum absolute atomic E-state index is 12.0. The summed E-state index contributed by atoms with van der Waals surface area (Å²) in [6.45, 7) is 2.13. The molecular weight excluding hydrogens is 208 g/mol. The summed E-state index contributed by atoms with van der Waals surface area (Å²) in [6.07, 6.45) is 1.98. The number of carboxylic acid groups (broad SMARTS) is 1. The molecule has 0 saturated carbocycles. The second-order valence-electron chi connectivity index (χ2n) is 4.50. The highest BCUT2D eigenvalue weighted by Crippen LogP contribution is 2.17. The Morgan fingerprint density at radius 3 is 2.75 bits per heavy atom. The number of aliphatic carboxylic acids is 1. The van der Waals surface area contributed by atoms with Gasteiger partial charge in [0.05, 0.1) is 12.3 Å². The number of likely N-dealkylation sites (tertiary alicyclic amines) is 1. The van der Waals surface area contributed by atoms with Gasteiger partial charge in [0.1, 0.15) is 0 Å². The highest BCUT2D eigenvalue weighted by atomic mass is 16.4. The summed E-state index contributed by atoms with van der Waals surface area (Å²) < 4.78 is 0. The minimum absolute atomic E-state index is 0.0187. The van der Waals surface area contributed by atoms with E-state index >= 15 is 0 Å². The van der Waals surface area contributed by atoms with E-state index in [1.807, 2.05) is 7.05 Å². The standard InChI is InChI=1S/C11H20N2O3/c1-12-6-3-4-9(8-12)11(16)13(2)7-5-10(14)15/h9H,3-8H2,1-2H3,(H,14,15). The minimum Gasteiger partial charge on any atom is -0.481 e. The molecule has 0 aromatic heterocycles. The first-order chi connectivity index (χ1) is 7.50. The quantitative estimate of drug-likeness (QED) is 0.750. The third-order valence-corrected chi connectivity index (χ3v) is 3.01. The van der Waals surface area contributed by atoms with Crippen LogP contribution in [0.5, 0.6) is 0 Å². The molecule has 1 amide bonds. The van der Waals surface area contributed by atoms with Crippen LogP contribution in [0.25, 0.3) is 0 Å². The molecule has 1 aliphatic heterocycles. The smallest absolute Gasteiger partial charge is 0.305 e. The fourth-order valence-corrected chi connectivity index (χ4v) is 2.05. The average molecular weight is 228 g/mol. The summed E-state index contributed by atoms with van der Waals surface area (Å²) >= 11 is 0. The van der Waals surface area contributed by atoms with Crippen LogP contribution in [0.3, 0.4) is 0 Å². The normalized spacial score (nSPS) is 21.8. The van der Waals surface area contributed by atoms with Crippen LogP contribution in [0.1, 0.15) is 19.3 Å². The van der Waals surface area contributed by atoms with Gasteiger partial charge in [0, 0.05) is 20.1 Å². The lowest BCUT2D eigenvalue weighted by Gasteiger charge is -2.31. The Hall–Kier alpha value is -1.10. The first kappa shape index (κ1) is 13.0. The van der Waals surface area contributed by atoms with E-state index < -0.39 is 5.97 Å². The molecule has 1 rings (SSSR count). The molecule has 0 aliphatic carbocycles. The van der Waals surface area contributed by atoms with Crippen molar-refractivity contribution in [3.8, 4) is 0 Å². The third kappa shape index (κ3) is 3.81. The van der Waals surface area contributed by atoms with Gasteiger partial charge in [-0.2, -0.15) is 0 Å². The van der Waals surface area contributed by atoms with Gasteiger partial charge in [-0.1, -0.05) is 0 Å². The molecule has 16 heavy (non-hydrogen) atoms. The molecule has 1 fully saturated rings. The van der Waals surface area contributed by atoms with E-state index in [1.54, 1.807) is 7.05 Å². The van der Waals surface area contributed by atoms with Crippen LogP contribution in [0.15, 0.2) is 0 Å². The molecule has 1 aliphatic rings. The SMILES string of the molecule is CN1CCCC(C(=O)N(C)CCC(=O)O)C1. The van der Waals surface area contributed by atoms with E-state index in [1.165, 1.54) is 4.90 Å². The number of nitrogens with zero attached hydrogens (tertiary/aromatic N) is 2. The van der Waals surface area contributed by atoms with Gasteiger partial charge >= 0.3 is 5.97 Å². The average Bonchev–Trinajstić information content (AvgIpc) is 2.24. The molecule has 0 spiro atoms. The Morgan fingerprint density at radius 1 is 1.50 bits per heavy atom. The van der Waals surface area contributed by atoms with E-state index in [9.17, 15) is 9.59 Å². The number of carboxylic acids is 1. The molecule has 5 heteroatoms. The monoisotopic (exact) mass is 228 g/mol. The first-order valence-corrected chi connectivity index (χ1v) is 5.66. The predicted octanol–water partition coefficient (Wildman–Crippen LogP) is 0.261. The Balaban J connectivity index is 2.40. The van der Waals surface area contributed by atoms with Crippen molar-refractivity contribution in [3.05, 3.63) is 0 Å².